The van der Waals surface area contributed by atoms with Crippen LogP contribution in [-0.4, -0.2) is 41.3 Å². The molecule has 1 rings (SSSR count). The largest absolute Gasteiger partial charge is 0.481 e. The lowest BCUT2D eigenvalue weighted by molar-refractivity contribution is -0.145. The van der Waals surface area contributed by atoms with E-state index in [1.54, 1.807) is 11.8 Å². The number of carboxylic acids is 1. The van der Waals surface area contributed by atoms with Gasteiger partial charge in [0, 0.05) is 12.6 Å². The van der Waals surface area contributed by atoms with Gasteiger partial charge < -0.3 is 14.7 Å². The Morgan fingerprint density at radius 1 is 1.29 bits per heavy atom. The number of carboxylic acid groups (broad SMARTS) is 1. The Kier molecular flexibility index (Phi) is 5.25. The van der Waals surface area contributed by atoms with Crippen molar-refractivity contribution in [2.45, 2.75) is 45.6 Å². The Bertz CT molecular complexity index is 280. The highest BCUT2D eigenvalue weighted by molar-refractivity contribution is 5.73. The van der Waals surface area contributed by atoms with E-state index in [0.717, 1.165) is 19.3 Å². The third-order valence-electron chi connectivity index (χ3n) is 3.29. The molecule has 0 radical (unpaired) electrons. The smallest absolute Gasteiger partial charge is 0.410 e. The highest BCUT2D eigenvalue weighted by atomic mass is 16.6. The Labute approximate surface area is 102 Å². The van der Waals surface area contributed by atoms with E-state index >= 15 is 0 Å². The fourth-order valence-electron chi connectivity index (χ4n) is 2.48. The number of ether oxygens (including phenoxy) is 1. The van der Waals surface area contributed by atoms with Gasteiger partial charge in [-0.15, -0.1) is 0 Å². The maximum absolute atomic E-state index is 11.8. The molecule has 0 aromatic carbocycles. The second-order valence-electron chi connectivity index (χ2n) is 4.28. The van der Waals surface area contributed by atoms with Crippen LogP contribution >= 0.6 is 0 Å². The third kappa shape index (κ3) is 3.35. The molecule has 2 atom stereocenters. The summed E-state index contributed by atoms with van der Waals surface area (Å²) < 4.78 is 4.97. The summed E-state index contributed by atoms with van der Waals surface area (Å²) in [5.74, 6) is -1.26. The van der Waals surface area contributed by atoms with Crippen molar-refractivity contribution in [2.24, 2.45) is 5.92 Å². The van der Waals surface area contributed by atoms with Crippen molar-refractivity contribution in [3.63, 3.8) is 0 Å². The van der Waals surface area contributed by atoms with Gasteiger partial charge in [-0.25, -0.2) is 4.79 Å². The number of carbonyl (C=O) groups excluding carboxylic acids is 1. The van der Waals surface area contributed by atoms with Crippen LogP contribution < -0.4 is 0 Å². The highest BCUT2D eigenvalue weighted by Gasteiger charge is 2.36. The molecule has 1 amide bonds. The molecule has 17 heavy (non-hydrogen) atoms. The maximum Gasteiger partial charge on any atom is 0.410 e. The standard InChI is InChI=1S/C12H21NO4/c1-3-13(12(16)17-4-2)10-8-6-5-7-9(10)11(14)15/h9-10H,3-8H2,1-2H3,(H,14,15). The molecule has 1 aliphatic rings. The fourth-order valence-corrected chi connectivity index (χ4v) is 2.48. The number of nitrogens with zero attached hydrogens (tertiary/aromatic N) is 1. The quantitative estimate of drug-likeness (QED) is 0.821. The topological polar surface area (TPSA) is 66.8 Å². The average Bonchev–Trinajstić information content (AvgIpc) is 2.31. The summed E-state index contributed by atoms with van der Waals surface area (Å²) in [4.78, 5) is 24.5. The minimum absolute atomic E-state index is 0.217. The van der Waals surface area contributed by atoms with Crippen LogP contribution in [-0.2, 0) is 9.53 Å². The van der Waals surface area contributed by atoms with Gasteiger partial charge in [-0.05, 0) is 26.7 Å². The lowest BCUT2D eigenvalue weighted by atomic mass is 9.83. The summed E-state index contributed by atoms with van der Waals surface area (Å²) in [5.41, 5.74) is 0. The number of hydrogen-bond acceptors (Lipinski definition) is 3. The number of rotatable bonds is 4. The molecular weight excluding hydrogens is 222 g/mol. The first-order valence-electron chi connectivity index (χ1n) is 6.28. The molecule has 0 bridgehead atoms. The van der Waals surface area contributed by atoms with Crippen molar-refractivity contribution >= 4 is 12.1 Å². The molecule has 0 aromatic heterocycles. The van der Waals surface area contributed by atoms with Crippen LogP contribution in [0.25, 0.3) is 0 Å². The number of carbonyl (C=O) groups is 2. The Morgan fingerprint density at radius 2 is 1.94 bits per heavy atom. The summed E-state index contributed by atoms with van der Waals surface area (Å²) in [5, 5.41) is 9.19. The maximum atomic E-state index is 11.8. The van der Waals surface area contributed by atoms with E-state index < -0.39 is 18.0 Å². The second-order valence-corrected chi connectivity index (χ2v) is 4.28. The van der Waals surface area contributed by atoms with E-state index in [4.69, 9.17) is 4.74 Å². The molecule has 1 fully saturated rings. The van der Waals surface area contributed by atoms with Gasteiger partial charge in [0.1, 0.15) is 0 Å². The first-order valence-corrected chi connectivity index (χ1v) is 6.28. The first kappa shape index (κ1) is 13.8. The minimum atomic E-state index is -0.808. The van der Waals surface area contributed by atoms with Crippen LogP contribution in [0, 0.1) is 5.92 Å². The zero-order chi connectivity index (χ0) is 12.8. The highest BCUT2D eigenvalue weighted by Crippen LogP contribution is 2.29. The van der Waals surface area contributed by atoms with E-state index in [-0.39, 0.29) is 6.04 Å². The summed E-state index contributed by atoms with van der Waals surface area (Å²) >= 11 is 0. The zero-order valence-electron chi connectivity index (χ0n) is 10.5. The molecule has 5 nitrogen and oxygen atoms in total. The molecule has 1 aliphatic carbocycles. The van der Waals surface area contributed by atoms with Crippen LogP contribution in [0.1, 0.15) is 39.5 Å². The lowest BCUT2D eigenvalue weighted by Gasteiger charge is -2.36. The van der Waals surface area contributed by atoms with Gasteiger partial charge in [-0.2, -0.15) is 0 Å². The molecule has 1 N–H and O–H groups in total. The van der Waals surface area contributed by atoms with Crippen LogP contribution in [0.4, 0.5) is 4.79 Å². The summed E-state index contributed by atoms with van der Waals surface area (Å²) in [6.07, 6.45) is 2.91. The van der Waals surface area contributed by atoms with Gasteiger partial charge in [-0.3, -0.25) is 4.79 Å². The van der Waals surface area contributed by atoms with Crippen molar-refractivity contribution in [3.8, 4) is 0 Å². The Hall–Kier alpha value is -1.26. The van der Waals surface area contributed by atoms with Crippen molar-refractivity contribution in [2.75, 3.05) is 13.2 Å². The molecule has 0 saturated heterocycles. The van der Waals surface area contributed by atoms with Gasteiger partial charge in [0.05, 0.1) is 12.5 Å². The molecule has 0 heterocycles. The van der Waals surface area contributed by atoms with Crippen molar-refractivity contribution in [3.05, 3.63) is 0 Å². The zero-order valence-corrected chi connectivity index (χ0v) is 10.5. The Morgan fingerprint density at radius 3 is 2.47 bits per heavy atom. The van der Waals surface area contributed by atoms with Crippen LogP contribution in [0.5, 0.6) is 0 Å². The van der Waals surface area contributed by atoms with Gasteiger partial charge in [0.15, 0.2) is 0 Å². The van der Waals surface area contributed by atoms with E-state index in [9.17, 15) is 14.7 Å². The third-order valence-corrected chi connectivity index (χ3v) is 3.29. The molecule has 0 aliphatic heterocycles. The summed E-state index contributed by atoms with van der Waals surface area (Å²) in [7, 11) is 0. The predicted octanol–water partition coefficient (Wildman–Crippen LogP) is 2.11. The van der Waals surface area contributed by atoms with Gasteiger partial charge >= 0.3 is 12.1 Å². The molecule has 0 aromatic rings. The van der Waals surface area contributed by atoms with Crippen LogP contribution in [0.3, 0.4) is 0 Å². The van der Waals surface area contributed by atoms with E-state index in [1.807, 2.05) is 6.92 Å². The molecule has 5 heteroatoms. The minimum Gasteiger partial charge on any atom is -0.481 e. The van der Waals surface area contributed by atoms with Gasteiger partial charge in [-0.1, -0.05) is 12.8 Å². The molecule has 1 saturated carbocycles. The second kappa shape index (κ2) is 6.47. The number of aliphatic carboxylic acids is 1. The lowest BCUT2D eigenvalue weighted by Crippen LogP contribution is -2.48. The first-order chi connectivity index (χ1) is 8.11. The number of hydrogen-bond donors (Lipinski definition) is 1. The molecule has 0 spiro atoms. The van der Waals surface area contributed by atoms with Crippen molar-refractivity contribution < 1.29 is 19.4 Å². The number of amides is 1. The fraction of sp³-hybridized carbons (Fsp3) is 0.833. The monoisotopic (exact) mass is 243 g/mol. The summed E-state index contributed by atoms with van der Waals surface area (Å²) in [6, 6.07) is -0.217. The van der Waals surface area contributed by atoms with E-state index in [2.05, 4.69) is 0 Å². The SMILES string of the molecule is CCOC(=O)N(CC)C1CCCCC1C(=O)O. The summed E-state index contributed by atoms with van der Waals surface area (Å²) in [6.45, 7) is 4.42. The molecule has 2 unspecified atom stereocenters. The van der Waals surface area contributed by atoms with E-state index in [0.29, 0.717) is 19.6 Å². The van der Waals surface area contributed by atoms with E-state index in [1.165, 1.54) is 0 Å². The average molecular weight is 243 g/mol. The predicted molar refractivity (Wildman–Crippen MR) is 62.8 cm³/mol. The normalized spacial score (nSPS) is 24.1. The molecular formula is C12H21NO4. The van der Waals surface area contributed by atoms with Gasteiger partial charge in [0.25, 0.3) is 0 Å². The molecule has 98 valence electrons. The van der Waals surface area contributed by atoms with Crippen LogP contribution in [0.15, 0.2) is 0 Å². The van der Waals surface area contributed by atoms with Crippen molar-refractivity contribution in [1.29, 1.82) is 0 Å². The Balaban J connectivity index is 2.76. The van der Waals surface area contributed by atoms with Crippen molar-refractivity contribution in [1.82, 2.24) is 4.90 Å². The van der Waals surface area contributed by atoms with Crippen LogP contribution in [0.2, 0.25) is 0 Å². The van der Waals surface area contributed by atoms with Gasteiger partial charge in [0.2, 0.25) is 0 Å².